The van der Waals surface area contributed by atoms with Crippen LogP contribution in [0.5, 0.6) is 0 Å². The number of nitrogens with zero attached hydrogens (tertiary/aromatic N) is 1. The molecule has 0 bridgehead atoms. The van der Waals surface area contributed by atoms with Crippen LogP contribution < -0.4 is 0 Å². The second-order valence-electron chi connectivity index (χ2n) is 4.83. The summed E-state index contributed by atoms with van der Waals surface area (Å²) in [5, 5.41) is 0.398. The number of benzene rings is 2. The SMILES string of the molecule is CN(Cc1ccccc1C(F)(F)F)C(=O)c1cccc(Cl)c1. The fourth-order valence-corrected chi connectivity index (χ4v) is 2.29. The van der Waals surface area contributed by atoms with Crippen molar-refractivity contribution in [2.24, 2.45) is 0 Å². The molecule has 22 heavy (non-hydrogen) atoms. The Morgan fingerprint density at radius 3 is 2.45 bits per heavy atom. The van der Waals surface area contributed by atoms with Gasteiger partial charge in [0.2, 0.25) is 0 Å². The predicted molar refractivity (Wildman–Crippen MR) is 78.7 cm³/mol. The highest BCUT2D eigenvalue weighted by molar-refractivity contribution is 6.30. The third-order valence-corrected chi connectivity index (χ3v) is 3.38. The van der Waals surface area contributed by atoms with Crippen molar-refractivity contribution in [3.8, 4) is 0 Å². The topological polar surface area (TPSA) is 20.3 Å². The molecule has 0 aromatic heterocycles. The van der Waals surface area contributed by atoms with Crippen LogP contribution >= 0.6 is 11.6 Å². The molecule has 6 heteroatoms. The lowest BCUT2D eigenvalue weighted by atomic mass is 10.1. The Labute approximate surface area is 131 Å². The normalized spacial score (nSPS) is 11.3. The molecule has 2 rings (SSSR count). The molecule has 2 aromatic carbocycles. The molecule has 0 aliphatic rings. The fourth-order valence-electron chi connectivity index (χ4n) is 2.10. The lowest BCUT2D eigenvalue weighted by Gasteiger charge is -2.20. The minimum Gasteiger partial charge on any atom is -0.337 e. The number of rotatable bonds is 3. The zero-order valence-electron chi connectivity index (χ0n) is 11.7. The van der Waals surface area contributed by atoms with Crippen molar-refractivity contribution in [3.63, 3.8) is 0 Å². The Balaban J connectivity index is 2.23. The standard InChI is InChI=1S/C16H13ClF3NO/c1-21(15(22)11-6-4-7-13(17)9-11)10-12-5-2-3-8-14(12)16(18,19)20/h2-9H,10H2,1H3. The van der Waals surface area contributed by atoms with Crippen LogP contribution in [0.25, 0.3) is 0 Å². The number of carbonyl (C=O) groups excluding carboxylic acids is 1. The van der Waals surface area contributed by atoms with Crippen LogP contribution in [0, 0.1) is 0 Å². The predicted octanol–water partition coefficient (Wildman–Crippen LogP) is 4.63. The summed E-state index contributed by atoms with van der Waals surface area (Å²) in [6, 6.07) is 11.5. The molecule has 0 unspecified atom stereocenters. The van der Waals surface area contributed by atoms with Gasteiger partial charge in [-0.2, -0.15) is 13.2 Å². The highest BCUT2D eigenvalue weighted by atomic mass is 35.5. The summed E-state index contributed by atoms with van der Waals surface area (Å²) in [7, 11) is 1.45. The van der Waals surface area contributed by atoms with Crippen molar-refractivity contribution >= 4 is 17.5 Å². The first kappa shape index (κ1) is 16.4. The number of hydrogen-bond donors (Lipinski definition) is 0. The molecule has 0 saturated carbocycles. The van der Waals surface area contributed by atoms with Crippen LogP contribution in [0.15, 0.2) is 48.5 Å². The van der Waals surface area contributed by atoms with Gasteiger partial charge in [0.15, 0.2) is 0 Å². The molecule has 0 N–H and O–H groups in total. The average molecular weight is 328 g/mol. The van der Waals surface area contributed by atoms with Gasteiger partial charge in [-0.1, -0.05) is 35.9 Å². The molecule has 0 aliphatic heterocycles. The van der Waals surface area contributed by atoms with E-state index in [2.05, 4.69) is 0 Å². The zero-order valence-corrected chi connectivity index (χ0v) is 12.4. The van der Waals surface area contributed by atoms with E-state index in [4.69, 9.17) is 11.6 Å². The number of amides is 1. The third kappa shape index (κ3) is 3.80. The van der Waals surface area contributed by atoms with E-state index in [1.54, 1.807) is 18.2 Å². The van der Waals surface area contributed by atoms with Gasteiger partial charge in [-0.05, 0) is 29.8 Å². The summed E-state index contributed by atoms with van der Waals surface area (Å²) in [4.78, 5) is 13.5. The van der Waals surface area contributed by atoms with E-state index < -0.39 is 11.7 Å². The minimum atomic E-state index is -4.45. The molecule has 0 aliphatic carbocycles. The molecule has 0 spiro atoms. The maximum atomic E-state index is 13.0. The summed E-state index contributed by atoms with van der Waals surface area (Å²) in [5.74, 6) is -0.389. The lowest BCUT2D eigenvalue weighted by molar-refractivity contribution is -0.138. The highest BCUT2D eigenvalue weighted by Crippen LogP contribution is 2.32. The molecule has 0 saturated heterocycles. The summed E-state index contributed by atoms with van der Waals surface area (Å²) >= 11 is 5.82. The fraction of sp³-hybridized carbons (Fsp3) is 0.188. The largest absolute Gasteiger partial charge is 0.416 e. The van der Waals surface area contributed by atoms with Crippen LogP contribution in [0.3, 0.4) is 0 Å². The Morgan fingerprint density at radius 2 is 1.82 bits per heavy atom. The Bertz CT molecular complexity index is 685. The monoisotopic (exact) mass is 327 g/mol. The van der Waals surface area contributed by atoms with Gasteiger partial charge in [-0.25, -0.2) is 0 Å². The van der Waals surface area contributed by atoms with E-state index in [1.807, 2.05) is 0 Å². The van der Waals surface area contributed by atoms with E-state index in [1.165, 1.54) is 36.2 Å². The molecule has 2 aromatic rings. The van der Waals surface area contributed by atoms with Gasteiger partial charge < -0.3 is 4.90 Å². The summed E-state index contributed by atoms with van der Waals surface area (Å²) < 4.78 is 38.9. The maximum absolute atomic E-state index is 13.0. The molecule has 0 atom stereocenters. The van der Waals surface area contributed by atoms with Crippen LogP contribution in [0.4, 0.5) is 13.2 Å². The van der Waals surface area contributed by atoms with Gasteiger partial charge in [-0.3, -0.25) is 4.79 Å². The second-order valence-corrected chi connectivity index (χ2v) is 5.26. The number of hydrogen-bond acceptors (Lipinski definition) is 1. The summed E-state index contributed by atoms with van der Waals surface area (Å²) in [5.41, 5.74) is -0.354. The molecule has 0 heterocycles. The summed E-state index contributed by atoms with van der Waals surface area (Å²) in [6.07, 6.45) is -4.45. The van der Waals surface area contributed by atoms with Crippen LogP contribution in [0.2, 0.25) is 5.02 Å². The smallest absolute Gasteiger partial charge is 0.337 e. The van der Waals surface area contributed by atoms with Crippen molar-refractivity contribution < 1.29 is 18.0 Å². The first-order chi connectivity index (χ1) is 10.3. The molecular weight excluding hydrogens is 315 g/mol. The quantitative estimate of drug-likeness (QED) is 0.804. The summed E-state index contributed by atoms with van der Waals surface area (Å²) in [6.45, 7) is -0.138. The molecule has 0 radical (unpaired) electrons. The van der Waals surface area contributed by atoms with Crippen LogP contribution in [-0.4, -0.2) is 17.9 Å². The molecular formula is C16H13ClF3NO. The first-order valence-electron chi connectivity index (χ1n) is 6.45. The van der Waals surface area contributed by atoms with E-state index in [-0.39, 0.29) is 18.0 Å². The molecule has 116 valence electrons. The maximum Gasteiger partial charge on any atom is 0.416 e. The van der Waals surface area contributed by atoms with Gasteiger partial charge in [0.25, 0.3) is 5.91 Å². The van der Waals surface area contributed by atoms with Gasteiger partial charge in [0.05, 0.1) is 5.56 Å². The van der Waals surface area contributed by atoms with Gasteiger partial charge in [0, 0.05) is 24.2 Å². The van der Waals surface area contributed by atoms with Crippen molar-refractivity contribution in [2.75, 3.05) is 7.05 Å². The highest BCUT2D eigenvalue weighted by Gasteiger charge is 2.33. The Kier molecular flexibility index (Phi) is 4.76. The number of halogens is 4. The Hall–Kier alpha value is -2.01. The van der Waals surface area contributed by atoms with Crippen LogP contribution in [0.1, 0.15) is 21.5 Å². The van der Waals surface area contributed by atoms with E-state index in [0.29, 0.717) is 10.6 Å². The second kappa shape index (κ2) is 6.40. The molecule has 2 nitrogen and oxygen atoms in total. The van der Waals surface area contributed by atoms with E-state index >= 15 is 0 Å². The van der Waals surface area contributed by atoms with Crippen molar-refractivity contribution in [3.05, 3.63) is 70.2 Å². The van der Waals surface area contributed by atoms with E-state index in [0.717, 1.165) is 6.07 Å². The van der Waals surface area contributed by atoms with E-state index in [9.17, 15) is 18.0 Å². The van der Waals surface area contributed by atoms with Crippen LogP contribution in [-0.2, 0) is 12.7 Å². The third-order valence-electron chi connectivity index (χ3n) is 3.15. The van der Waals surface area contributed by atoms with Crippen molar-refractivity contribution in [1.29, 1.82) is 0 Å². The van der Waals surface area contributed by atoms with Gasteiger partial charge in [0.1, 0.15) is 0 Å². The molecule has 1 amide bonds. The number of carbonyl (C=O) groups is 1. The molecule has 0 fully saturated rings. The number of alkyl halides is 3. The van der Waals surface area contributed by atoms with Gasteiger partial charge in [-0.15, -0.1) is 0 Å². The van der Waals surface area contributed by atoms with Crippen molar-refractivity contribution in [2.45, 2.75) is 12.7 Å². The lowest BCUT2D eigenvalue weighted by Crippen LogP contribution is -2.27. The Morgan fingerprint density at radius 1 is 1.14 bits per heavy atom. The first-order valence-corrected chi connectivity index (χ1v) is 6.83. The van der Waals surface area contributed by atoms with Gasteiger partial charge >= 0.3 is 6.18 Å². The van der Waals surface area contributed by atoms with Crippen molar-refractivity contribution in [1.82, 2.24) is 4.90 Å². The minimum absolute atomic E-state index is 0.0490. The zero-order chi connectivity index (χ0) is 16.3. The average Bonchev–Trinajstić information content (AvgIpc) is 2.46.